The highest BCUT2D eigenvalue weighted by molar-refractivity contribution is 7.29. The molecule has 0 spiro atoms. The fourth-order valence-electron chi connectivity index (χ4n) is 4.70. The van der Waals surface area contributed by atoms with E-state index in [0.717, 1.165) is 24.7 Å². The number of carbonyl (C=O) groups is 2. The Morgan fingerprint density at radius 3 is 2.50 bits per heavy atom. The van der Waals surface area contributed by atoms with Gasteiger partial charge >= 0.3 is 12.1 Å². The molecule has 1 fully saturated rings. The number of carboxylic acids is 1. The maximum Gasteiger partial charge on any atom is 0.413 e. The van der Waals surface area contributed by atoms with Crippen molar-refractivity contribution in [2.24, 2.45) is 7.05 Å². The third-order valence-corrected chi connectivity index (χ3v) is 10.0. The molecule has 40 heavy (non-hydrogen) atoms. The minimum atomic E-state index is -0.787. The number of ether oxygens (including phenoxy) is 1. The fraction of sp³-hybridized carbons (Fsp3) is 0.207. The highest BCUT2D eigenvalue weighted by atomic mass is 35.5. The first-order chi connectivity index (χ1) is 19.2. The summed E-state index contributed by atoms with van der Waals surface area (Å²) in [4.78, 5) is 26.0. The lowest BCUT2D eigenvalue weighted by molar-refractivity contribution is -0.139. The van der Waals surface area contributed by atoms with Crippen LogP contribution in [-0.2, 0) is 22.0 Å². The van der Waals surface area contributed by atoms with E-state index in [4.69, 9.17) is 16.3 Å². The monoisotopic (exact) mass is 595 g/mol. The van der Waals surface area contributed by atoms with Gasteiger partial charge in [-0.05, 0) is 49.6 Å². The van der Waals surface area contributed by atoms with Crippen LogP contribution in [0.3, 0.4) is 0 Å². The van der Waals surface area contributed by atoms with Crippen LogP contribution in [-0.4, -0.2) is 26.9 Å². The van der Waals surface area contributed by atoms with E-state index < -0.39 is 29.4 Å². The van der Waals surface area contributed by atoms with Crippen molar-refractivity contribution < 1.29 is 23.8 Å². The quantitative estimate of drug-likeness (QED) is 0.198. The highest BCUT2D eigenvalue weighted by Gasteiger charge is 2.53. The molecular formula is C29H23ClFN3O4S2. The van der Waals surface area contributed by atoms with E-state index in [1.807, 2.05) is 42.5 Å². The van der Waals surface area contributed by atoms with Crippen LogP contribution in [0, 0.1) is 5.82 Å². The number of halogens is 2. The number of carbonyl (C=O) groups excluding carboxylic acids is 1. The Kier molecular flexibility index (Phi) is 6.64. The van der Waals surface area contributed by atoms with Crippen molar-refractivity contribution in [2.75, 3.05) is 5.32 Å². The van der Waals surface area contributed by atoms with E-state index in [0.29, 0.717) is 29.0 Å². The van der Waals surface area contributed by atoms with Crippen LogP contribution in [0.2, 0.25) is 5.02 Å². The average molecular weight is 596 g/mol. The Labute approximate surface area is 241 Å². The second kappa shape index (κ2) is 10.0. The molecule has 0 saturated heterocycles. The van der Waals surface area contributed by atoms with Gasteiger partial charge in [-0.1, -0.05) is 41.9 Å². The smallest absolute Gasteiger partial charge is 0.413 e. The first-order valence-electron chi connectivity index (χ1n) is 12.5. The molecule has 7 nitrogen and oxygen atoms in total. The van der Waals surface area contributed by atoms with Crippen LogP contribution in [0.4, 0.5) is 15.0 Å². The van der Waals surface area contributed by atoms with Crippen LogP contribution >= 0.6 is 34.3 Å². The van der Waals surface area contributed by atoms with E-state index >= 15 is 4.39 Å². The van der Waals surface area contributed by atoms with Gasteiger partial charge in [-0.25, -0.2) is 9.18 Å². The lowest BCUT2D eigenvalue weighted by atomic mass is 10.0. The molecule has 1 aliphatic carbocycles. The summed E-state index contributed by atoms with van der Waals surface area (Å²) in [5.74, 6) is -1.04. The molecule has 1 saturated carbocycles. The summed E-state index contributed by atoms with van der Waals surface area (Å²) < 4.78 is 24.4. The molecule has 2 N–H and O–H groups in total. The number of fused-ring (bicyclic) bond motifs is 1. The van der Waals surface area contributed by atoms with E-state index in [1.54, 1.807) is 14.0 Å². The van der Waals surface area contributed by atoms with Gasteiger partial charge in [0.1, 0.15) is 23.2 Å². The molecule has 3 aromatic heterocycles. The van der Waals surface area contributed by atoms with Gasteiger partial charge in [-0.15, -0.1) is 22.7 Å². The Hall–Kier alpha value is -3.73. The van der Waals surface area contributed by atoms with Gasteiger partial charge in [0.2, 0.25) is 0 Å². The topological polar surface area (TPSA) is 93.4 Å². The molecular weight excluding hydrogens is 573 g/mol. The number of aliphatic carboxylic acids is 1. The number of carboxylic acid groups (broad SMARTS) is 1. The minimum Gasteiger partial charge on any atom is -0.481 e. The van der Waals surface area contributed by atoms with E-state index in [2.05, 4.69) is 10.4 Å². The lowest BCUT2D eigenvalue weighted by Gasteiger charge is -2.15. The fourth-order valence-corrected chi connectivity index (χ4v) is 7.69. The van der Waals surface area contributed by atoms with Gasteiger partial charge in [0.25, 0.3) is 0 Å². The maximum absolute atomic E-state index is 15.6. The summed E-state index contributed by atoms with van der Waals surface area (Å²) in [6, 6.07) is 16.1. The Balaban J connectivity index is 1.26. The molecule has 0 unspecified atom stereocenters. The van der Waals surface area contributed by atoms with Crippen molar-refractivity contribution in [3.63, 3.8) is 0 Å². The number of hydrogen-bond donors (Lipinski definition) is 2. The summed E-state index contributed by atoms with van der Waals surface area (Å²) in [6.45, 7) is 1.77. The molecule has 5 aromatic rings. The lowest BCUT2D eigenvalue weighted by Crippen LogP contribution is -2.18. The van der Waals surface area contributed by atoms with Crippen molar-refractivity contribution in [1.82, 2.24) is 9.78 Å². The first kappa shape index (κ1) is 26.5. The molecule has 2 aromatic carbocycles. The molecule has 11 heteroatoms. The van der Waals surface area contributed by atoms with Gasteiger partial charge in [-0.2, -0.15) is 5.10 Å². The number of aryl methyl sites for hydroxylation is 1. The van der Waals surface area contributed by atoms with Gasteiger partial charge in [-0.3, -0.25) is 14.8 Å². The number of hydrogen-bond acceptors (Lipinski definition) is 6. The van der Waals surface area contributed by atoms with Gasteiger partial charge in [0, 0.05) is 42.9 Å². The number of rotatable bonds is 7. The maximum atomic E-state index is 15.6. The molecule has 6 rings (SSSR count). The number of anilines is 1. The van der Waals surface area contributed by atoms with Gasteiger partial charge in [0.15, 0.2) is 0 Å². The minimum absolute atomic E-state index is 0.186. The zero-order valence-electron chi connectivity index (χ0n) is 21.4. The van der Waals surface area contributed by atoms with Crippen molar-refractivity contribution >= 4 is 61.6 Å². The third-order valence-electron chi connectivity index (χ3n) is 7.16. The SMILES string of the molecule is C[C@@H](OC(=O)Nc1c(-c2cc(Cl)c(-c3cc4sc(C5(C(=O)O)CC5)cc4s3)cc2F)cnn1C)c1ccccc1. The van der Waals surface area contributed by atoms with Crippen LogP contribution in [0.1, 0.15) is 36.3 Å². The second-order valence-corrected chi connectivity index (χ2v) is 12.3. The van der Waals surface area contributed by atoms with Gasteiger partial charge < -0.3 is 9.84 Å². The number of nitrogens with one attached hydrogen (secondary N) is 1. The number of amides is 1. The van der Waals surface area contributed by atoms with Crippen molar-refractivity contribution in [1.29, 1.82) is 0 Å². The van der Waals surface area contributed by atoms with E-state index in [9.17, 15) is 14.7 Å². The molecule has 0 bridgehead atoms. The van der Waals surface area contributed by atoms with Crippen molar-refractivity contribution in [3.8, 4) is 21.6 Å². The Morgan fingerprint density at radius 1 is 1.10 bits per heavy atom. The molecule has 204 valence electrons. The molecule has 3 heterocycles. The third kappa shape index (κ3) is 4.66. The number of aromatic nitrogens is 2. The van der Waals surface area contributed by atoms with E-state index in [1.165, 1.54) is 45.7 Å². The first-order valence-corrected chi connectivity index (χ1v) is 14.5. The average Bonchev–Trinajstić information content (AvgIpc) is 3.34. The second-order valence-electron chi connectivity index (χ2n) is 9.76. The van der Waals surface area contributed by atoms with Crippen LogP contribution < -0.4 is 5.32 Å². The zero-order valence-corrected chi connectivity index (χ0v) is 23.8. The summed E-state index contributed by atoms with van der Waals surface area (Å²) >= 11 is 9.57. The number of thiophene rings is 2. The normalized spacial score (nSPS) is 14.7. The standard InChI is InChI=1S/C29H23ClFN3O4S2/c1-15(16-6-4-3-5-7-16)38-28(37)33-26-19(14-32-34(26)2)17-10-20(30)18(11-21(17)31)22-12-23-24(39-22)13-25(40-23)29(8-9-29)27(35)36/h3-7,10-15H,8-9H2,1-2H3,(H,33,37)(H,35,36)/t15-/m1/s1. The Bertz CT molecular complexity index is 1740. The van der Waals surface area contributed by atoms with Gasteiger partial charge in [0.05, 0.1) is 11.2 Å². The number of nitrogens with zero attached hydrogens (tertiary/aromatic N) is 2. The summed E-state index contributed by atoms with van der Waals surface area (Å²) in [5, 5.41) is 16.8. The number of benzene rings is 2. The zero-order chi connectivity index (χ0) is 28.2. The van der Waals surface area contributed by atoms with Crippen LogP contribution in [0.5, 0.6) is 0 Å². The highest BCUT2D eigenvalue weighted by Crippen LogP contribution is 2.53. The van der Waals surface area contributed by atoms with Crippen molar-refractivity contribution in [3.05, 3.63) is 82.1 Å². The van der Waals surface area contributed by atoms with Crippen molar-refractivity contribution in [2.45, 2.75) is 31.3 Å². The summed E-state index contributed by atoms with van der Waals surface area (Å²) in [7, 11) is 1.64. The molecule has 1 amide bonds. The molecule has 1 aliphatic rings. The Morgan fingerprint density at radius 2 is 1.82 bits per heavy atom. The van der Waals surface area contributed by atoms with E-state index in [-0.39, 0.29) is 11.4 Å². The summed E-state index contributed by atoms with van der Waals surface area (Å²) in [5.41, 5.74) is 1.17. The molecule has 1 atom stereocenters. The van der Waals surface area contributed by atoms with Crippen LogP contribution in [0.15, 0.2) is 60.8 Å². The largest absolute Gasteiger partial charge is 0.481 e. The van der Waals surface area contributed by atoms with Crippen LogP contribution in [0.25, 0.3) is 31.0 Å². The molecule has 0 radical (unpaired) electrons. The predicted octanol–water partition coefficient (Wildman–Crippen LogP) is 8.25. The predicted molar refractivity (Wildman–Crippen MR) is 156 cm³/mol. The summed E-state index contributed by atoms with van der Waals surface area (Å²) in [6.07, 6.45) is 1.58. The molecule has 0 aliphatic heterocycles.